The maximum atomic E-state index is 3.24. The number of halogens is 1. The van der Waals surface area contributed by atoms with Crippen LogP contribution < -0.4 is 17.0 Å². The molecule has 0 radical (unpaired) electrons. The average Bonchev–Trinajstić information content (AvgIpc) is 2.52. The van der Waals surface area contributed by atoms with Gasteiger partial charge in [-0.3, -0.25) is 0 Å². The van der Waals surface area contributed by atoms with Crippen molar-refractivity contribution in [1.82, 2.24) is 4.98 Å². The van der Waals surface area contributed by atoms with Gasteiger partial charge < -0.3 is 12.4 Å². The molecule has 0 aliphatic heterocycles. The number of aryl methyl sites for hydroxylation is 2. The molecule has 2 nitrogen and oxygen atoms in total. The number of rotatable bonds is 2. The van der Waals surface area contributed by atoms with E-state index in [0.29, 0.717) is 0 Å². The van der Waals surface area contributed by atoms with Gasteiger partial charge in [0.25, 0.3) is 5.82 Å². The van der Waals surface area contributed by atoms with Gasteiger partial charge in [0, 0.05) is 0 Å². The summed E-state index contributed by atoms with van der Waals surface area (Å²) in [5, 5.41) is 0. The van der Waals surface area contributed by atoms with Gasteiger partial charge in [-0.2, -0.15) is 0 Å². The van der Waals surface area contributed by atoms with E-state index >= 15 is 0 Å². The molecule has 2 rings (SSSR count). The highest BCUT2D eigenvalue weighted by Gasteiger charge is 2.06. The minimum absolute atomic E-state index is 0. The summed E-state index contributed by atoms with van der Waals surface area (Å²) < 4.78 is 2.11. The molecule has 0 bridgehead atoms. The van der Waals surface area contributed by atoms with Crippen LogP contribution in [0.1, 0.15) is 17.0 Å². The van der Waals surface area contributed by atoms with Gasteiger partial charge in [0.1, 0.15) is 12.4 Å². The quantitative estimate of drug-likeness (QED) is 0.613. The van der Waals surface area contributed by atoms with Crippen LogP contribution in [0.15, 0.2) is 36.7 Å². The van der Waals surface area contributed by atoms with E-state index in [0.717, 1.165) is 6.42 Å². The van der Waals surface area contributed by atoms with Crippen LogP contribution in [0.5, 0.6) is 0 Å². The maximum absolute atomic E-state index is 3.24. The Morgan fingerprint density at radius 3 is 2.73 bits per heavy atom. The van der Waals surface area contributed by atoms with Crippen molar-refractivity contribution in [3.05, 3.63) is 53.6 Å². The smallest absolute Gasteiger partial charge is 0.258 e. The number of nitrogens with one attached hydrogen (secondary N) is 1. The molecule has 0 saturated heterocycles. The first-order valence-electron chi connectivity index (χ1n) is 4.83. The van der Waals surface area contributed by atoms with E-state index in [4.69, 9.17) is 0 Å². The molecule has 1 aromatic heterocycles. The Morgan fingerprint density at radius 2 is 2.13 bits per heavy atom. The van der Waals surface area contributed by atoms with Crippen molar-refractivity contribution in [1.29, 1.82) is 0 Å². The van der Waals surface area contributed by atoms with Gasteiger partial charge in [-0.25, -0.2) is 9.55 Å². The summed E-state index contributed by atoms with van der Waals surface area (Å²) in [6, 6.07) is 8.61. The summed E-state index contributed by atoms with van der Waals surface area (Å²) in [4.78, 5) is 3.24. The monoisotopic (exact) mass is 222 g/mol. The summed E-state index contributed by atoms with van der Waals surface area (Å²) in [5.74, 6) is 1.23. The third-order valence-electron chi connectivity index (χ3n) is 2.43. The van der Waals surface area contributed by atoms with E-state index in [1.807, 2.05) is 12.4 Å². The van der Waals surface area contributed by atoms with E-state index in [1.54, 1.807) is 0 Å². The van der Waals surface area contributed by atoms with Crippen molar-refractivity contribution in [2.75, 3.05) is 0 Å². The van der Waals surface area contributed by atoms with Gasteiger partial charge in [-0.1, -0.05) is 29.8 Å². The molecule has 0 atom stereocenters. The average molecular weight is 223 g/mol. The molecular formula is C12H15ClN2. The number of hydrogen-bond donors (Lipinski definition) is 1. The summed E-state index contributed by atoms with van der Waals surface area (Å²) in [6.07, 6.45) is 4.96. The van der Waals surface area contributed by atoms with Crippen molar-refractivity contribution in [2.45, 2.75) is 13.3 Å². The Labute approximate surface area is 96.4 Å². The van der Waals surface area contributed by atoms with Crippen molar-refractivity contribution in [3.63, 3.8) is 0 Å². The first-order chi connectivity index (χ1) is 6.75. The third kappa shape index (κ3) is 2.83. The van der Waals surface area contributed by atoms with Gasteiger partial charge in [0.2, 0.25) is 0 Å². The Bertz CT molecular complexity index is 435. The van der Waals surface area contributed by atoms with Crippen LogP contribution in [0.3, 0.4) is 0 Å². The molecule has 0 unspecified atom stereocenters. The molecule has 0 fully saturated rings. The van der Waals surface area contributed by atoms with Crippen molar-refractivity contribution in [3.8, 4) is 0 Å². The van der Waals surface area contributed by atoms with Crippen molar-refractivity contribution >= 4 is 0 Å². The molecule has 0 aliphatic rings. The first-order valence-corrected chi connectivity index (χ1v) is 4.83. The summed E-state index contributed by atoms with van der Waals surface area (Å²) in [6.45, 7) is 2.12. The Kier molecular flexibility index (Phi) is 3.92. The van der Waals surface area contributed by atoms with Gasteiger partial charge in [-0.15, -0.1) is 0 Å². The minimum atomic E-state index is 0. The highest BCUT2D eigenvalue weighted by Crippen LogP contribution is 2.06. The van der Waals surface area contributed by atoms with E-state index in [1.165, 1.54) is 17.0 Å². The molecule has 1 N–H and O–H groups in total. The zero-order valence-corrected chi connectivity index (χ0v) is 9.75. The predicted octanol–water partition coefficient (Wildman–Crippen LogP) is -1.26. The zero-order valence-electron chi connectivity index (χ0n) is 9.00. The summed E-state index contributed by atoms with van der Waals surface area (Å²) in [7, 11) is 2.06. The molecule has 15 heavy (non-hydrogen) atoms. The lowest BCUT2D eigenvalue weighted by Gasteiger charge is -1.98. The normalized spacial score (nSPS) is 9.73. The second-order valence-electron chi connectivity index (χ2n) is 3.68. The largest absolute Gasteiger partial charge is 1.00 e. The molecule has 2 aromatic rings. The number of benzene rings is 1. The maximum Gasteiger partial charge on any atom is 0.258 e. The van der Waals surface area contributed by atoms with Crippen molar-refractivity contribution in [2.24, 2.45) is 7.05 Å². The fourth-order valence-corrected chi connectivity index (χ4v) is 1.63. The van der Waals surface area contributed by atoms with Crippen LogP contribution in [-0.2, 0) is 13.5 Å². The SMILES string of the molecule is Cc1cccc(Cc2[nH]cc[n+]2C)c1.[Cl-]. The second-order valence-corrected chi connectivity index (χ2v) is 3.68. The summed E-state index contributed by atoms with van der Waals surface area (Å²) >= 11 is 0. The number of hydrogen-bond acceptors (Lipinski definition) is 0. The van der Waals surface area contributed by atoms with Crippen LogP contribution in [0.2, 0.25) is 0 Å². The number of aromatic nitrogens is 2. The minimum Gasteiger partial charge on any atom is -1.00 e. The molecule has 1 aromatic carbocycles. The van der Waals surface area contributed by atoms with Gasteiger partial charge in [0.15, 0.2) is 0 Å². The van der Waals surface area contributed by atoms with E-state index in [9.17, 15) is 0 Å². The van der Waals surface area contributed by atoms with Crippen LogP contribution in [-0.4, -0.2) is 4.98 Å². The number of nitrogens with zero attached hydrogens (tertiary/aromatic N) is 1. The standard InChI is InChI=1S/C12H14N2.ClH/c1-10-4-3-5-11(8-10)9-12-13-6-7-14(12)2;/h3-8H,9H2,1-2H3;1H. The highest BCUT2D eigenvalue weighted by molar-refractivity contribution is 5.24. The van der Waals surface area contributed by atoms with E-state index in [-0.39, 0.29) is 12.4 Å². The van der Waals surface area contributed by atoms with Gasteiger partial charge in [-0.05, 0) is 12.5 Å². The molecule has 3 heteroatoms. The second kappa shape index (κ2) is 4.99. The molecule has 1 heterocycles. The summed E-state index contributed by atoms with van der Waals surface area (Å²) in [5.41, 5.74) is 2.67. The van der Waals surface area contributed by atoms with Gasteiger partial charge >= 0.3 is 0 Å². The first kappa shape index (κ1) is 11.8. The van der Waals surface area contributed by atoms with E-state index in [2.05, 4.69) is 47.8 Å². The van der Waals surface area contributed by atoms with Crippen LogP contribution in [0, 0.1) is 6.92 Å². The van der Waals surface area contributed by atoms with Crippen LogP contribution in [0.25, 0.3) is 0 Å². The Morgan fingerprint density at radius 1 is 1.33 bits per heavy atom. The molecule has 0 saturated carbocycles. The third-order valence-corrected chi connectivity index (χ3v) is 2.43. The molecule has 0 spiro atoms. The fourth-order valence-electron chi connectivity index (χ4n) is 1.63. The fraction of sp³-hybridized carbons (Fsp3) is 0.250. The number of H-pyrrole nitrogens is 1. The Hall–Kier alpha value is -1.28. The highest BCUT2D eigenvalue weighted by atomic mass is 35.5. The van der Waals surface area contributed by atoms with Crippen molar-refractivity contribution < 1.29 is 17.0 Å². The lowest BCUT2D eigenvalue weighted by Crippen LogP contribution is -3.00. The van der Waals surface area contributed by atoms with Gasteiger partial charge in [0.05, 0.1) is 13.5 Å². The Balaban J connectivity index is 0.00000112. The van der Waals surface area contributed by atoms with Crippen LogP contribution >= 0.6 is 0 Å². The predicted molar refractivity (Wildman–Crippen MR) is 56.0 cm³/mol. The molecule has 0 aliphatic carbocycles. The number of aromatic amines is 1. The number of imidazole rings is 1. The molecular weight excluding hydrogens is 208 g/mol. The zero-order chi connectivity index (χ0) is 9.97. The van der Waals surface area contributed by atoms with Crippen LogP contribution in [0.4, 0.5) is 0 Å². The molecule has 80 valence electrons. The topological polar surface area (TPSA) is 19.7 Å². The van der Waals surface area contributed by atoms with E-state index < -0.39 is 0 Å². The molecule has 0 amide bonds. The lowest BCUT2D eigenvalue weighted by atomic mass is 10.1. The lowest BCUT2D eigenvalue weighted by molar-refractivity contribution is -0.677.